The van der Waals surface area contributed by atoms with Crippen molar-refractivity contribution >= 4 is 23.5 Å². The number of esters is 2. The van der Waals surface area contributed by atoms with Crippen LogP contribution >= 0.6 is 0 Å². The Morgan fingerprint density at radius 2 is 1.77 bits per heavy atom. The number of nitrogens with zero attached hydrogens (tertiary/aromatic N) is 1. The van der Waals surface area contributed by atoms with Gasteiger partial charge in [0.15, 0.2) is 0 Å². The summed E-state index contributed by atoms with van der Waals surface area (Å²) < 4.78 is 9.61. The molecular formula is C22H21N3O5. The SMILES string of the molecule is CCOC(=O)c1ccccc1NC(=O)/C(C#N)=C\NCc1ccc(C(=O)OC)cc1. The Bertz CT molecular complexity index is 991. The van der Waals surface area contributed by atoms with E-state index in [1.54, 1.807) is 49.4 Å². The summed E-state index contributed by atoms with van der Waals surface area (Å²) in [4.78, 5) is 35.9. The molecule has 0 saturated heterocycles. The zero-order chi connectivity index (χ0) is 21.9. The first kappa shape index (κ1) is 22.2. The fourth-order valence-electron chi connectivity index (χ4n) is 2.46. The van der Waals surface area contributed by atoms with E-state index >= 15 is 0 Å². The number of ether oxygens (including phenoxy) is 2. The highest BCUT2D eigenvalue weighted by Crippen LogP contribution is 2.17. The third-order valence-corrected chi connectivity index (χ3v) is 3.96. The zero-order valence-electron chi connectivity index (χ0n) is 16.6. The van der Waals surface area contributed by atoms with Gasteiger partial charge in [-0.15, -0.1) is 0 Å². The summed E-state index contributed by atoms with van der Waals surface area (Å²) >= 11 is 0. The smallest absolute Gasteiger partial charge is 0.340 e. The summed E-state index contributed by atoms with van der Waals surface area (Å²) in [6.45, 7) is 2.22. The van der Waals surface area contributed by atoms with Gasteiger partial charge < -0.3 is 20.1 Å². The van der Waals surface area contributed by atoms with Gasteiger partial charge in [0.25, 0.3) is 5.91 Å². The molecule has 2 aromatic carbocycles. The van der Waals surface area contributed by atoms with Crippen molar-refractivity contribution in [1.29, 1.82) is 5.26 Å². The minimum absolute atomic E-state index is 0.167. The van der Waals surface area contributed by atoms with E-state index in [2.05, 4.69) is 15.4 Å². The van der Waals surface area contributed by atoms with Gasteiger partial charge in [-0.05, 0) is 36.8 Å². The number of nitriles is 1. The molecule has 0 radical (unpaired) electrons. The highest BCUT2D eigenvalue weighted by Gasteiger charge is 2.16. The molecule has 2 aromatic rings. The van der Waals surface area contributed by atoms with Crippen LogP contribution in [0.3, 0.4) is 0 Å². The molecule has 0 heterocycles. The quantitative estimate of drug-likeness (QED) is 0.392. The fourth-order valence-corrected chi connectivity index (χ4v) is 2.46. The minimum Gasteiger partial charge on any atom is -0.465 e. The Morgan fingerprint density at radius 3 is 2.40 bits per heavy atom. The largest absolute Gasteiger partial charge is 0.465 e. The number of hydrogen-bond donors (Lipinski definition) is 2. The van der Waals surface area contributed by atoms with Gasteiger partial charge in [-0.3, -0.25) is 4.79 Å². The van der Waals surface area contributed by atoms with E-state index in [0.29, 0.717) is 12.1 Å². The van der Waals surface area contributed by atoms with Crippen LogP contribution in [-0.4, -0.2) is 31.6 Å². The Labute approximate surface area is 174 Å². The second-order valence-electron chi connectivity index (χ2n) is 5.96. The number of amides is 1. The van der Waals surface area contributed by atoms with Crippen molar-refractivity contribution in [2.24, 2.45) is 0 Å². The number of carbonyl (C=O) groups is 3. The van der Waals surface area contributed by atoms with Crippen molar-refractivity contribution in [3.05, 3.63) is 77.0 Å². The Balaban J connectivity index is 2.03. The molecule has 8 nitrogen and oxygen atoms in total. The fraction of sp³-hybridized carbons (Fsp3) is 0.182. The Hall–Kier alpha value is -4.12. The molecule has 8 heteroatoms. The molecule has 0 unspecified atom stereocenters. The molecule has 30 heavy (non-hydrogen) atoms. The second-order valence-corrected chi connectivity index (χ2v) is 5.96. The van der Waals surface area contributed by atoms with Gasteiger partial charge in [0.1, 0.15) is 11.6 Å². The molecule has 0 fully saturated rings. The lowest BCUT2D eigenvalue weighted by molar-refractivity contribution is -0.112. The van der Waals surface area contributed by atoms with Crippen LogP contribution in [0.4, 0.5) is 5.69 Å². The lowest BCUT2D eigenvalue weighted by atomic mass is 10.1. The number of para-hydroxylation sites is 1. The first-order chi connectivity index (χ1) is 14.5. The Morgan fingerprint density at radius 1 is 1.07 bits per heavy atom. The maximum atomic E-state index is 12.4. The lowest BCUT2D eigenvalue weighted by Crippen LogP contribution is -2.19. The van der Waals surface area contributed by atoms with Crippen LogP contribution in [0.2, 0.25) is 0 Å². The minimum atomic E-state index is -0.664. The van der Waals surface area contributed by atoms with Crippen LogP contribution in [-0.2, 0) is 20.8 Å². The maximum Gasteiger partial charge on any atom is 0.340 e. The summed E-state index contributed by atoms with van der Waals surface area (Å²) in [5.74, 6) is -1.66. The first-order valence-corrected chi connectivity index (χ1v) is 9.08. The van der Waals surface area contributed by atoms with E-state index in [9.17, 15) is 19.6 Å². The molecule has 2 rings (SSSR count). The predicted molar refractivity (Wildman–Crippen MR) is 109 cm³/mol. The summed E-state index contributed by atoms with van der Waals surface area (Å²) in [5.41, 5.74) is 1.54. The highest BCUT2D eigenvalue weighted by molar-refractivity contribution is 6.09. The van der Waals surface area contributed by atoms with Gasteiger partial charge in [-0.25, -0.2) is 9.59 Å². The number of benzene rings is 2. The van der Waals surface area contributed by atoms with Crippen molar-refractivity contribution in [3.8, 4) is 6.07 Å². The van der Waals surface area contributed by atoms with Gasteiger partial charge in [0.05, 0.1) is 30.5 Å². The van der Waals surface area contributed by atoms with E-state index in [0.717, 1.165) is 5.56 Å². The lowest BCUT2D eigenvalue weighted by Gasteiger charge is -2.10. The van der Waals surface area contributed by atoms with E-state index in [1.165, 1.54) is 19.4 Å². The van der Waals surface area contributed by atoms with Crippen LogP contribution in [0.15, 0.2) is 60.3 Å². The normalized spacial score (nSPS) is 10.5. The third-order valence-electron chi connectivity index (χ3n) is 3.96. The molecule has 0 aliphatic heterocycles. The number of methoxy groups -OCH3 is 1. The van der Waals surface area contributed by atoms with Crippen LogP contribution in [0.25, 0.3) is 0 Å². The van der Waals surface area contributed by atoms with Gasteiger partial charge in [0, 0.05) is 12.7 Å². The molecule has 0 aromatic heterocycles. The summed E-state index contributed by atoms with van der Waals surface area (Å²) in [5, 5.41) is 14.7. The Kier molecular flexibility index (Phi) is 8.15. The average molecular weight is 407 g/mol. The molecule has 0 aliphatic carbocycles. The average Bonchev–Trinajstić information content (AvgIpc) is 2.77. The van der Waals surface area contributed by atoms with Crippen molar-refractivity contribution in [3.63, 3.8) is 0 Å². The molecular weight excluding hydrogens is 386 g/mol. The molecule has 0 bridgehead atoms. The van der Waals surface area contributed by atoms with Gasteiger partial charge in [0.2, 0.25) is 0 Å². The van der Waals surface area contributed by atoms with Crippen LogP contribution in [0.1, 0.15) is 33.2 Å². The molecule has 154 valence electrons. The summed E-state index contributed by atoms with van der Waals surface area (Å²) in [6, 6.07) is 14.9. The van der Waals surface area contributed by atoms with E-state index in [-0.39, 0.29) is 23.4 Å². The monoisotopic (exact) mass is 407 g/mol. The highest BCUT2D eigenvalue weighted by atomic mass is 16.5. The number of carbonyl (C=O) groups excluding carboxylic acids is 3. The van der Waals surface area contributed by atoms with E-state index < -0.39 is 17.8 Å². The summed E-state index contributed by atoms with van der Waals surface area (Å²) in [7, 11) is 1.31. The number of hydrogen-bond acceptors (Lipinski definition) is 7. The zero-order valence-corrected chi connectivity index (χ0v) is 16.6. The number of anilines is 1. The van der Waals surface area contributed by atoms with Gasteiger partial charge in [-0.2, -0.15) is 5.26 Å². The van der Waals surface area contributed by atoms with Crippen LogP contribution < -0.4 is 10.6 Å². The standard InChI is InChI=1S/C22H21N3O5/c1-3-30-22(28)18-6-4-5-7-19(18)25-20(26)17(12-23)14-24-13-15-8-10-16(11-9-15)21(27)29-2/h4-11,14,24H,3,13H2,1-2H3,(H,25,26)/b17-14-. The molecule has 1 amide bonds. The van der Waals surface area contributed by atoms with Crippen molar-refractivity contribution in [2.75, 3.05) is 19.0 Å². The van der Waals surface area contributed by atoms with Crippen LogP contribution in [0.5, 0.6) is 0 Å². The molecule has 2 N–H and O–H groups in total. The topological polar surface area (TPSA) is 118 Å². The summed E-state index contributed by atoms with van der Waals surface area (Å²) in [6.07, 6.45) is 1.29. The number of nitrogens with one attached hydrogen (secondary N) is 2. The van der Waals surface area contributed by atoms with Crippen molar-refractivity contribution in [1.82, 2.24) is 5.32 Å². The van der Waals surface area contributed by atoms with Crippen molar-refractivity contribution in [2.45, 2.75) is 13.5 Å². The first-order valence-electron chi connectivity index (χ1n) is 9.08. The van der Waals surface area contributed by atoms with Crippen LogP contribution in [0, 0.1) is 11.3 Å². The molecule has 0 aliphatic rings. The van der Waals surface area contributed by atoms with E-state index in [4.69, 9.17) is 4.74 Å². The van der Waals surface area contributed by atoms with E-state index in [1.807, 2.05) is 6.07 Å². The van der Waals surface area contributed by atoms with Crippen molar-refractivity contribution < 1.29 is 23.9 Å². The molecule has 0 atom stereocenters. The molecule has 0 spiro atoms. The third kappa shape index (κ3) is 5.94. The number of rotatable bonds is 8. The predicted octanol–water partition coefficient (Wildman–Crippen LogP) is 2.79. The molecule has 0 saturated carbocycles. The van der Waals surface area contributed by atoms with Gasteiger partial charge >= 0.3 is 11.9 Å². The maximum absolute atomic E-state index is 12.4. The van der Waals surface area contributed by atoms with Gasteiger partial charge in [-0.1, -0.05) is 24.3 Å². The second kappa shape index (κ2) is 11.0.